The molecule has 0 saturated carbocycles. The van der Waals surface area contributed by atoms with E-state index < -0.39 is 0 Å². The molecule has 18 heavy (non-hydrogen) atoms. The summed E-state index contributed by atoms with van der Waals surface area (Å²) in [4.78, 5) is 10.4. The van der Waals surface area contributed by atoms with Crippen molar-refractivity contribution in [3.05, 3.63) is 70.9 Å². The lowest BCUT2D eigenvalue weighted by Gasteiger charge is -2.04. The van der Waals surface area contributed by atoms with Crippen molar-refractivity contribution < 1.29 is 4.92 Å². The molecule has 88 valence electrons. The lowest BCUT2D eigenvalue weighted by Crippen LogP contribution is -1.92. The molecule has 0 atom stereocenters. The third-order valence-electron chi connectivity index (χ3n) is 2.92. The van der Waals surface area contributed by atoms with E-state index >= 15 is 0 Å². The molecule has 3 rings (SSSR count). The van der Waals surface area contributed by atoms with Crippen LogP contribution in [0.15, 0.2) is 60.8 Å². The predicted octanol–water partition coefficient (Wildman–Crippen LogP) is 3.54. The second-order valence-electron chi connectivity index (χ2n) is 4.02. The second kappa shape index (κ2) is 4.00. The number of hydrogen-bond acceptors (Lipinski definition) is 2. The van der Waals surface area contributed by atoms with Crippen LogP contribution in [0.1, 0.15) is 0 Å². The Hall–Kier alpha value is -2.62. The van der Waals surface area contributed by atoms with Crippen LogP contribution < -0.4 is 0 Å². The summed E-state index contributed by atoms with van der Waals surface area (Å²) in [5.74, 6) is 0. The molecular weight excluding hydrogens is 228 g/mol. The molecule has 2 aromatic carbocycles. The van der Waals surface area contributed by atoms with Crippen molar-refractivity contribution in [3.8, 4) is 5.69 Å². The summed E-state index contributed by atoms with van der Waals surface area (Å²) in [6.07, 6.45) is 1.92. The number of benzene rings is 2. The average Bonchev–Trinajstić information content (AvgIpc) is 2.82. The van der Waals surface area contributed by atoms with Gasteiger partial charge in [-0.3, -0.25) is 10.1 Å². The third-order valence-corrected chi connectivity index (χ3v) is 2.92. The van der Waals surface area contributed by atoms with Gasteiger partial charge in [0.2, 0.25) is 0 Å². The minimum atomic E-state index is -0.373. The van der Waals surface area contributed by atoms with Crippen molar-refractivity contribution in [2.24, 2.45) is 0 Å². The van der Waals surface area contributed by atoms with Gasteiger partial charge in [-0.25, -0.2) is 0 Å². The molecule has 1 heterocycles. The molecule has 0 spiro atoms. The summed E-state index contributed by atoms with van der Waals surface area (Å²) >= 11 is 0. The molecule has 0 saturated heterocycles. The van der Waals surface area contributed by atoms with E-state index in [9.17, 15) is 10.1 Å². The highest BCUT2D eigenvalue weighted by atomic mass is 16.6. The van der Waals surface area contributed by atoms with E-state index in [0.29, 0.717) is 0 Å². The van der Waals surface area contributed by atoms with Crippen molar-refractivity contribution in [1.29, 1.82) is 0 Å². The Labute approximate surface area is 103 Å². The number of nitro groups is 1. The number of rotatable bonds is 2. The SMILES string of the molecule is O=[N+]([O-])c1ccc2ccn(-c3ccccc3)c2c1. The summed E-state index contributed by atoms with van der Waals surface area (Å²) in [5.41, 5.74) is 1.95. The molecule has 4 nitrogen and oxygen atoms in total. The minimum absolute atomic E-state index is 0.110. The number of fused-ring (bicyclic) bond motifs is 1. The van der Waals surface area contributed by atoms with Gasteiger partial charge >= 0.3 is 0 Å². The Morgan fingerprint density at radius 3 is 2.50 bits per heavy atom. The van der Waals surface area contributed by atoms with E-state index in [0.717, 1.165) is 16.6 Å². The van der Waals surface area contributed by atoms with Crippen LogP contribution in [-0.4, -0.2) is 9.49 Å². The zero-order valence-corrected chi connectivity index (χ0v) is 9.48. The number of nitro benzene ring substituents is 1. The Morgan fingerprint density at radius 2 is 1.78 bits per heavy atom. The van der Waals surface area contributed by atoms with Crippen LogP contribution in [0.25, 0.3) is 16.6 Å². The van der Waals surface area contributed by atoms with E-state index in [4.69, 9.17) is 0 Å². The first kappa shape index (κ1) is 10.5. The molecule has 0 radical (unpaired) electrons. The van der Waals surface area contributed by atoms with Gasteiger partial charge in [0.1, 0.15) is 0 Å². The Balaban J connectivity index is 2.24. The molecule has 0 unspecified atom stereocenters. The predicted molar refractivity (Wildman–Crippen MR) is 69.9 cm³/mol. The van der Waals surface area contributed by atoms with Gasteiger partial charge < -0.3 is 4.57 Å². The van der Waals surface area contributed by atoms with Gasteiger partial charge in [0.05, 0.1) is 10.4 Å². The van der Waals surface area contributed by atoms with Crippen molar-refractivity contribution >= 4 is 16.6 Å². The van der Waals surface area contributed by atoms with Gasteiger partial charge in [-0.05, 0) is 24.3 Å². The fourth-order valence-corrected chi connectivity index (χ4v) is 2.04. The number of aromatic nitrogens is 1. The zero-order chi connectivity index (χ0) is 12.5. The highest BCUT2D eigenvalue weighted by molar-refractivity contribution is 5.84. The van der Waals surface area contributed by atoms with E-state index in [1.807, 2.05) is 47.2 Å². The van der Waals surface area contributed by atoms with Gasteiger partial charge in [-0.2, -0.15) is 0 Å². The largest absolute Gasteiger partial charge is 0.316 e. The third kappa shape index (κ3) is 1.64. The number of nitrogens with zero attached hydrogens (tertiary/aromatic N) is 2. The number of para-hydroxylation sites is 1. The fourth-order valence-electron chi connectivity index (χ4n) is 2.04. The van der Waals surface area contributed by atoms with Crippen LogP contribution in [0.5, 0.6) is 0 Å². The molecule has 0 N–H and O–H groups in total. The quantitative estimate of drug-likeness (QED) is 0.506. The number of hydrogen-bond donors (Lipinski definition) is 0. The Morgan fingerprint density at radius 1 is 1.00 bits per heavy atom. The molecule has 4 heteroatoms. The molecule has 0 fully saturated rings. The summed E-state index contributed by atoms with van der Waals surface area (Å²) in [7, 11) is 0. The van der Waals surface area contributed by atoms with Crippen molar-refractivity contribution in [3.63, 3.8) is 0 Å². The standard InChI is InChI=1S/C14H10N2O2/c17-16(18)13-7-6-11-8-9-15(14(11)10-13)12-4-2-1-3-5-12/h1-10H. The van der Waals surface area contributed by atoms with Gasteiger partial charge in [0.25, 0.3) is 5.69 Å². The highest BCUT2D eigenvalue weighted by Gasteiger charge is 2.09. The van der Waals surface area contributed by atoms with Crippen LogP contribution in [0.3, 0.4) is 0 Å². The fraction of sp³-hybridized carbons (Fsp3) is 0. The number of non-ortho nitro benzene ring substituents is 1. The van der Waals surface area contributed by atoms with E-state index in [2.05, 4.69) is 0 Å². The van der Waals surface area contributed by atoms with Gasteiger partial charge in [-0.15, -0.1) is 0 Å². The van der Waals surface area contributed by atoms with E-state index in [1.165, 1.54) is 6.07 Å². The second-order valence-corrected chi connectivity index (χ2v) is 4.02. The van der Waals surface area contributed by atoms with Gasteiger partial charge in [-0.1, -0.05) is 18.2 Å². The van der Waals surface area contributed by atoms with E-state index in [-0.39, 0.29) is 10.6 Å². The molecule has 3 aromatic rings. The Kier molecular flexibility index (Phi) is 2.34. The zero-order valence-electron chi connectivity index (χ0n) is 9.48. The average molecular weight is 238 g/mol. The normalized spacial score (nSPS) is 10.7. The van der Waals surface area contributed by atoms with Crippen LogP contribution in [0.2, 0.25) is 0 Å². The van der Waals surface area contributed by atoms with Gasteiger partial charge in [0.15, 0.2) is 0 Å². The Bertz CT molecular complexity index is 717. The maximum Gasteiger partial charge on any atom is 0.271 e. The minimum Gasteiger partial charge on any atom is -0.316 e. The van der Waals surface area contributed by atoms with Crippen molar-refractivity contribution in [1.82, 2.24) is 4.57 Å². The molecule has 1 aromatic heterocycles. The first-order valence-corrected chi connectivity index (χ1v) is 5.56. The van der Waals surface area contributed by atoms with Crippen LogP contribution in [0, 0.1) is 10.1 Å². The van der Waals surface area contributed by atoms with Crippen molar-refractivity contribution in [2.45, 2.75) is 0 Å². The molecule has 0 aliphatic rings. The van der Waals surface area contributed by atoms with Crippen LogP contribution in [-0.2, 0) is 0 Å². The topological polar surface area (TPSA) is 48.1 Å². The summed E-state index contributed by atoms with van der Waals surface area (Å²) < 4.78 is 1.95. The van der Waals surface area contributed by atoms with E-state index in [1.54, 1.807) is 12.1 Å². The maximum absolute atomic E-state index is 10.8. The maximum atomic E-state index is 10.8. The highest BCUT2D eigenvalue weighted by Crippen LogP contribution is 2.24. The monoisotopic (exact) mass is 238 g/mol. The molecular formula is C14H10N2O2. The smallest absolute Gasteiger partial charge is 0.271 e. The first-order chi connectivity index (χ1) is 8.75. The first-order valence-electron chi connectivity index (χ1n) is 5.56. The molecule has 0 aliphatic carbocycles. The summed E-state index contributed by atoms with van der Waals surface area (Å²) in [6.45, 7) is 0. The van der Waals surface area contributed by atoms with Gasteiger partial charge in [0, 0.05) is 29.4 Å². The van der Waals surface area contributed by atoms with Crippen molar-refractivity contribution in [2.75, 3.05) is 0 Å². The molecule has 0 amide bonds. The van der Waals surface area contributed by atoms with Crippen LogP contribution in [0.4, 0.5) is 5.69 Å². The summed E-state index contributed by atoms with van der Waals surface area (Å²) in [6, 6.07) is 16.6. The molecule has 0 bridgehead atoms. The molecule has 0 aliphatic heterocycles. The lowest BCUT2D eigenvalue weighted by molar-refractivity contribution is -0.384. The van der Waals surface area contributed by atoms with Crippen LogP contribution >= 0.6 is 0 Å². The summed E-state index contributed by atoms with van der Waals surface area (Å²) in [5, 5.41) is 11.8. The lowest BCUT2D eigenvalue weighted by atomic mass is 10.2.